The zero-order valence-electron chi connectivity index (χ0n) is 19.5. The van der Waals surface area contributed by atoms with Gasteiger partial charge in [-0.15, -0.1) is 11.8 Å². The van der Waals surface area contributed by atoms with Crippen LogP contribution in [0, 0.1) is 5.92 Å². The number of amides is 2. The maximum absolute atomic E-state index is 13.4. The van der Waals surface area contributed by atoms with Crippen LogP contribution in [0.4, 0.5) is 5.69 Å². The third kappa shape index (κ3) is 7.55. The van der Waals surface area contributed by atoms with Crippen molar-refractivity contribution in [1.82, 2.24) is 15.5 Å². The van der Waals surface area contributed by atoms with Gasteiger partial charge in [-0.05, 0) is 49.5 Å². The average Bonchev–Trinajstić information content (AvgIpc) is 3.40. The molecule has 0 spiro atoms. The maximum Gasteiger partial charge on any atom is 0.246 e. The van der Waals surface area contributed by atoms with E-state index in [1.54, 1.807) is 11.8 Å². The Balaban J connectivity index is 1.29. The van der Waals surface area contributed by atoms with Crippen LogP contribution in [0.5, 0.6) is 0 Å². The van der Waals surface area contributed by atoms with Crippen molar-refractivity contribution in [2.75, 3.05) is 41.5 Å². The lowest BCUT2D eigenvalue weighted by Crippen LogP contribution is -2.55. The zero-order valence-corrected chi connectivity index (χ0v) is 21.1. The molecule has 2 atom stereocenters. The van der Waals surface area contributed by atoms with Crippen molar-refractivity contribution in [2.45, 2.75) is 63.1 Å². The Kier molecular flexibility index (Phi) is 9.68. The molecule has 0 aromatic heterocycles. The van der Waals surface area contributed by atoms with E-state index in [4.69, 9.17) is 0 Å². The highest BCUT2D eigenvalue weighted by atomic mass is 32.2. The van der Waals surface area contributed by atoms with Crippen LogP contribution in [0.15, 0.2) is 30.3 Å². The van der Waals surface area contributed by atoms with E-state index in [2.05, 4.69) is 28.1 Å². The van der Waals surface area contributed by atoms with Crippen molar-refractivity contribution in [3.63, 3.8) is 0 Å². The van der Waals surface area contributed by atoms with E-state index in [-0.39, 0.29) is 17.9 Å². The maximum atomic E-state index is 13.4. The highest BCUT2D eigenvalue weighted by Crippen LogP contribution is 2.27. The summed E-state index contributed by atoms with van der Waals surface area (Å²) in [6.07, 6.45) is 8.50. The molecule has 2 aliphatic heterocycles. The summed E-state index contributed by atoms with van der Waals surface area (Å²) in [4.78, 5) is 28.2. The standard InChI is InChI=1S/C25H38N4O2S2/c30-24(22-16-33-18-26-22)28-23(17-32-15-19-7-3-1-4-8-19)25(31)29-13-11-21(12-14-29)27-20-9-5-2-6-10-20/h2,5-6,9-10,19,21-23,26-27H,1,3-4,7-8,11-18H2,(H,28,30)/t22?,23-/m0/s1. The third-order valence-electron chi connectivity index (χ3n) is 6.96. The van der Waals surface area contributed by atoms with Gasteiger partial charge in [0.25, 0.3) is 0 Å². The molecular weight excluding hydrogens is 452 g/mol. The topological polar surface area (TPSA) is 73.5 Å². The van der Waals surface area contributed by atoms with Crippen molar-refractivity contribution in [1.29, 1.82) is 0 Å². The van der Waals surface area contributed by atoms with Gasteiger partial charge in [-0.3, -0.25) is 14.9 Å². The summed E-state index contributed by atoms with van der Waals surface area (Å²) in [5, 5.41) is 9.92. The molecule has 3 fully saturated rings. The first kappa shape index (κ1) is 24.7. The number of nitrogens with one attached hydrogen (secondary N) is 3. The van der Waals surface area contributed by atoms with E-state index < -0.39 is 6.04 Å². The van der Waals surface area contributed by atoms with Crippen molar-refractivity contribution in [3.8, 4) is 0 Å². The molecule has 1 aromatic carbocycles. The van der Waals surface area contributed by atoms with Crippen LogP contribution in [-0.2, 0) is 9.59 Å². The van der Waals surface area contributed by atoms with E-state index in [0.717, 1.165) is 54.9 Å². The summed E-state index contributed by atoms with van der Waals surface area (Å²) in [6, 6.07) is 10.0. The molecule has 1 aliphatic carbocycles. The van der Waals surface area contributed by atoms with Crippen LogP contribution in [0.2, 0.25) is 0 Å². The number of anilines is 1. The van der Waals surface area contributed by atoms with Gasteiger partial charge in [0.1, 0.15) is 6.04 Å². The molecule has 2 saturated heterocycles. The van der Waals surface area contributed by atoms with Gasteiger partial charge in [0.05, 0.1) is 6.04 Å². The van der Waals surface area contributed by atoms with Gasteiger partial charge >= 0.3 is 0 Å². The number of benzene rings is 1. The second kappa shape index (κ2) is 12.9. The highest BCUT2D eigenvalue weighted by molar-refractivity contribution is 7.99. The third-order valence-corrected chi connectivity index (χ3v) is 9.18. The van der Waals surface area contributed by atoms with Crippen molar-refractivity contribution in [3.05, 3.63) is 30.3 Å². The monoisotopic (exact) mass is 490 g/mol. The summed E-state index contributed by atoms with van der Waals surface area (Å²) in [6.45, 7) is 1.47. The highest BCUT2D eigenvalue weighted by Gasteiger charge is 2.32. The lowest BCUT2D eigenvalue weighted by atomic mass is 9.91. The molecule has 4 rings (SSSR count). The number of thioether (sulfide) groups is 2. The first-order valence-corrected chi connectivity index (χ1v) is 14.8. The van der Waals surface area contributed by atoms with Crippen LogP contribution < -0.4 is 16.0 Å². The molecule has 33 heavy (non-hydrogen) atoms. The number of rotatable bonds is 9. The Hall–Kier alpha value is -1.38. The second-order valence-corrected chi connectivity index (χ2v) is 11.6. The largest absolute Gasteiger partial charge is 0.382 e. The van der Waals surface area contributed by atoms with Gasteiger partial charge < -0.3 is 15.5 Å². The fourth-order valence-corrected chi connectivity index (χ4v) is 7.16. The molecule has 2 heterocycles. The Labute approximate surface area is 206 Å². The molecule has 2 amide bonds. The van der Waals surface area contributed by atoms with E-state index in [9.17, 15) is 9.59 Å². The minimum Gasteiger partial charge on any atom is -0.382 e. The molecule has 8 heteroatoms. The summed E-state index contributed by atoms with van der Waals surface area (Å²) in [7, 11) is 0. The van der Waals surface area contributed by atoms with Crippen molar-refractivity contribution < 1.29 is 9.59 Å². The summed E-state index contributed by atoms with van der Waals surface area (Å²) in [5.41, 5.74) is 1.13. The fourth-order valence-electron chi connectivity index (χ4n) is 4.95. The fraction of sp³-hybridized carbons (Fsp3) is 0.680. The normalized spacial score (nSPS) is 23.3. The molecular formula is C25H38N4O2S2. The second-order valence-electron chi connectivity index (χ2n) is 9.48. The Bertz CT molecular complexity index is 746. The Morgan fingerprint density at radius 3 is 2.55 bits per heavy atom. The lowest BCUT2D eigenvalue weighted by Gasteiger charge is -2.35. The number of carbonyl (C=O) groups excluding carboxylic acids is 2. The molecule has 1 unspecified atom stereocenters. The Morgan fingerprint density at radius 2 is 1.85 bits per heavy atom. The molecule has 0 radical (unpaired) electrons. The van der Waals surface area contributed by atoms with Crippen molar-refractivity contribution >= 4 is 41.0 Å². The smallest absolute Gasteiger partial charge is 0.246 e. The van der Waals surface area contributed by atoms with Gasteiger partial charge in [-0.2, -0.15) is 11.8 Å². The molecule has 1 aromatic rings. The number of piperidine rings is 1. The van der Waals surface area contributed by atoms with E-state index >= 15 is 0 Å². The first-order chi connectivity index (χ1) is 16.2. The molecule has 182 valence electrons. The summed E-state index contributed by atoms with van der Waals surface area (Å²) >= 11 is 3.58. The molecule has 0 bridgehead atoms. The van der Waals surface area contributed by atoms with Crippen molar-refractivity contribution in [2.24, 2.45) is 5.92 Å². The van der Waals surface area contributed by atoms with E-state index in [1.165, 1.54) is 32.1 Å². The minimum absolute atomic E-state index is 0.0303. The number of nitrogens with zero attached hydrogens (tertiary/aromatic N) is 1. The summed E-state index contributed by atoms with van der Waals surface area (Å²) in [5.74, 6) is 4.17. The van der Waals surface area contributed by atoms with E-state index in [1.807, 2.05) is 34.9 Å². The number of para-hydroxylation sites is 1. The predicted octanol–water partition coefficient (Wildman–Crippen LogP) is 3.55. The molecule has 1 saturated carbocycles. The van der Waals surface area contributed by atoms with Gasteiger partial charge in [-0.1, -0.05) is 37.5 Å². The van der Waals surface area contributed by atoms with Gasteiger partial charge in [0.2, 0.25) is 11.8 Å². The summed E-state index contributed by atoms with van der Waals surface area (Å²) < 4.78 is 0. The number of hydrogen-bond acceptors (Lipinski definition) is 6. The number of carbonyl (C=O) groups is 2. The predicted molar refractivity (Wildman–Crippen MR) is 140 cm³/mol. The SMILES string of the molecule is O=C(N[C@@H](CSCC1CCCCC1)C(=O)N1CCC(Nc2ccccc2)CC1)C1CSCN1. The minimum atomic E-state index is -0.433. The van der Waals surface area contributed by atoms with Crippen LogP contribution >= 0.6 is 23.5 Å². The van der Waals surface area contributed by atoms with Crippen LogP contribution in [0.25, 0.3) is 0 Å². The molecule has 3 N–H and O–H groups in total. The average molecular weight is 491 g/mol. The number of likely N-dealkylation sites (tertiary alicyclic amines) is 1. The van der Waals surface area contributed by atoms with Crippen LogP contribution in [-0.4, -0.2) is 71.1 Å². The first-order valence-electron chi connectivity index (χ1n) is 12.5. The molecule has 3 aliphatic rings. The Morgan fingerprint density at radius 1 is 1.09 bits per heavy atom. The van der Waals surface area contributed by atoms with Crippen LogP contribution in [0.1, 0.15) is 44.9 Å². The van der Waals surface area contributed by atoms with Gasteiger partial charge in [0.15, 0.2) is 0 Å². The zero-order chi connectivity index (χ0) is 22.9. The van der Waals surface area contributed by atoms with Gasteiger partial charge in [0, 0.05) is 42.2 Å². The quantitative estimate of drug-likeness (QED) is 0.492. The number of hydrogen-bond donors (Lipinski definition) is 3. The lowest BCUT2D eigenvalue weighted by molar-refractivity contribution is -0.136. The van der Waals surface area contributed by atoms with E-state index in [0.29, 0.717) is 11.8 Å². The van der Waals surface area contributed by atoms with Gasteiger partial charge in [-0.25, -0.2) is 0 Å². The molecule has 6 nitrogen and oxygen atoms in total. The van der Waals surface area contributed by atoms with Crippen LogP contribution in [0.3, 0.4) is 0 Å².